The van der Waals surface area contributed by atoms with Gasteiger partial charge in [-0.25, -0.2) is 4.79 Å². The molecule has 164 valence electrons. The normalized spacial score (nSPS) is 16.9. The second-order valence-corrected chi connectivity index (χ2v) is 9.13. The van der Waals surface area contributed by atoms with Crippen molar-refractivity contribution in [3.63, 3.8) is 0 Å². The number of carbonyl (C=O) groups excluding carboxylic acids is 1. The van der Waals surface area contributed by atoms with Crippen molar-refractivity contribution >= 4 is 58.0 Å². The molecule has 3 rings (SSSR count). The second-order valence-electron chi connectivity index (χ2n) is 6.47. The largest absolute Gasteiger partial charge is 0.480 e. The number of aliphatic carboxylic acids is 1. The molecule has 1 aliphatic heterocycles. The maximum atomic E-state index is 12.9. The predicted octanol–water partition coefficient (Wildman–Crippen LogP) is 5.37. The lowest BCUT2D eigenvalue weighted by atomic mass is 10.1. The third-order valence-corrected chi connectivity index (χ3v) is 6.36. The summed E-state index contributed by atoms with van der Waals surface area (Å²) in [6.45, 7) is 0. The van der Waals surface area contributed by atoms with Crippen molar-refractivity contribution in [1.29, 1.82) is 0 Å². The zero-order valence-corrected chi connectivity index (χ0v) is 18.5. The van der Waals surface area contributed by atoms with Gasteiger partial charge in [0.25, 0.3) is 5.91 Å². The molecule has 1 amide bonds. The summed E-state index contributed by atoms with van der Waals surface area (Å²) in [4.78, 5) is 25.7. The minimum Gasteiger partial charge on any atom is -0.480 e. The number of halogens is 3. The number of thiocarbonyl (C=S) groups is 1. The Kier molecular flexibility index (Phi) is 7.17. The average Bonchev–Trinajstić information content (AvgIpc) is 3.27. The Morgan fingerprint density at radius 1 is 1.35 bits per heavy atom. The van der Waals surface area contributed by atoms with E-state index in [0.29, 0.717) is 5.75 Å². The van der Waals surface area contributed by atoms with Crippen LogP contribution in [-0.2, 0) is 15.8 Å². The number of alkyl halides is 3. The lowest BCUT2D eigenvalue weighted by Crippen LogP contribution is -2.44. The van der Waals surface area contributed by atoms with E-state index in [1.807, 2.05) is 6.26 Å². The predicted molar refractivity (Wildman–Crippen MR) is 119 cm³/mol. The van der Waals surface area contributed by atoms with Gasteiger partial charge in [0.2, 0.25) is 0 Å². The van der Waals surface area contributed by atoms with Gasteiger partial charge in [-0.2, -0.15) is 24.9 Å². The van der Waals surface area contributed by atoms with Gasteiger partial charge in [-0.15, -0.1) is 0 Å². The molecule has 1 atom stereocenters. The van der Waals surface area contributed by atoms with Crippen LogP contribution in [-0.4, -0.2) is 44.3 Å². The summed E-state index contributed by atoms with van der Waals surface area (Å²) in [6, 6.07) is 6.67. The molecule has 0 spiro atoms. The van der Waals surface area contributed by atoms with Crippen LogP contribution in [0.15, 0.2) is 45.7 Å². The third kappa shape index (κ3) is 5.34. The topological polar surface area (TPSA) is 70.8 Å². The molecule has 0 saturated carbocycles. The quantitative estimate of drug-likeness (QED) is 0.416. The van der Waals surface area contributed by atoms with E-state index in [1.54, 1.807) is 0 Å². The molecular formula is C20H16F3NO4S3. The number of carbonyl (C=O) groups is 2. The van der Waals surface area contributed by atoms with Crippen molar-refractivity contribution in [2.24, 2.45) is 0 Å². The molecule has 1 aromatic heterocycles. The molecule has 1 N–H and O–H groups in total. The molecule has 1 aromatic carbocycles. The maximum absolute atomic E-state index is 12.9. The summed E-state index contributed by atoms with van der Waals surface area (Å²) in [5, 5.41) is 9.49. The SMILES string of the molecule is CSCCC(C(=O)O)N1C(=O)/C(=C/c2ccc(-c3cccc(C(F)(F)F)c3)o2)SC1=S. The van der Waals surface area contributed by atoms with E-state index < -0.39 is 29.7 Å². The zero-order valence-electron chi connectivity index (χ0n) is 16.0. The molecule has 2 aromatic rings. The summed E-state index contributed by atoms with van der Waals surface area (Å²) in [5.74, 6) is -0.692. The number of rotatable bonds is 7. The molecule has 1 unspecified atom stereocenters. The Bertz CT molecular complexity index is 1050. The fourth-order valence-electron chi connectivity index (χ4n) is 2.90. The number of thioether (sulfide) groups is 2. The van der Waals surface area contributed by atoms with Crippen LogP contribution in [0.4, 0.5) is 13.2 Å². The van der Waals surface area contributed by atoms with Gasteiger partial charge >= 0.3 is 12.1 Å². The highest BCUT2D eigenvalue weighted by Gasteiger charge is 2.40. The van der Waals surface area contributed by atoms with E-state index in [9.17, 15) is 27.9 Å². The third-order valence-electron chi connectivity index (χ3n) is 4.39. The van der Waals surface area contributed by atoms with Crippen molar-refractivity contribution < 1.29 is 32.3 Å². The van der Waals surface area contributed by atoms with Crippen molar-refractivity contribution in [1.82, 2.24) is 4.90 Å². The minimum absolute atomic E-state index is 0.134. The molecule has 0 aliphatic carbocycles. The van der Waals surface area contributed by atoms with Crippen LogP contribution in [0.25, 0.3) is 17.4 Å². The van der Waals surface area contributed by atoms with E-state index in [4.69, 9.17) is 16.6 Å². The van der Waals surface area contributed by atoms with Crippen LogP contribution >= 0.6 is 35.7 Å². The highest BCUT2D eigenvalue weighted by molar-refractivity contribution is 8.26. The van der Waals surface area contributed by atoms with E-state index >= 15 is 0 Å². The van der Waals surface area contributed by atoms with Gasteiger partial charge in [0.15, 0.2) is 0 Å². The van der Waals surface area contributed by atoms with Crippen molar-refractivity contribution in [2.45, 2.75) is 18.6 Å². The Labute approximate surface area is 189 Å². The number of amides is 1. The summed E-state index contributed by atoms with van der Waals surface area (Å²) < 4.78 is 44.5. The van der Waals surface area contributed by atoms with Gasteiger partial charge in [0, 0.05) is 11.6 Å². The average molecular weight is 488 g/mol. The Hall–Kier alpha value is -2.24. The summed E-state index contributed by atoms with van der Waals surface area (Å²) in [6.07, 6.45) is -0.987. The zero-order chi connectivity index (χ0) is 22.8. The number of hydrogen-bond donors (Lipinski definition) is 1. The van der Waals surface area contributed by atoms with Gasteiger partial charge in [0.05, 0.1) is 10.5 Å². The standard InChI is InChI=1S/C20H16F3NO4S3/c1-30-8-7-14(18(26)27)24-17(25)16(31-19(24)29)10-13-5-6-15(28-13)11-3-2-4-12(9-11)20(21,22)23/h2-6,9-10,14H,7-8H2,1H3,(H,26,27)/b16-10-. The second kappa shape index (κ2) is 9.49. The molecule has 31 heavy (non-hydrogen) atoms. The molecule has 0 bridgehead atoms. The van der Waals surface area contributed by atoms with Crippen LogP contribution < -0.4 is 0 Å². The fourth-order valence-corrected chi connectivity index (χ4v) is 4.70. The fraction of sp³-hybridized carbons (Fsp3) is 0.250. The molecule has 11 heteroatoms. The van der Waals surface area contributed by atoms with Gasteiger partial charge in [-0.3, -0.25) is 9.69 Å². The van der Waals surface area contributed by atoms with Crippen LogP contribution in [0.2, 0.25) is 0 Å². The highest BCUT2D eigenvalue weighted by atomic mass is 32.2. The number of furan rings is 1. The summed E-state index contributed by atoms with van der Waals surface area (Å²) in [5.41, 5.74) is -0.557. The molecule has 1 aliphatic rings. The Morgan fingerprint density at radius 2 is 2.10 bits per heavy atom. The first kappa shape index (κ1) is 23.4. The van der Waals surface area contributed by atoms with Crippen LogP contribution in [0.1, 0.15) is 17.7 Å². The molecule has 5 nitrogen and oxygen atoms in total. The molecular weight excluding hydrogens is 471 g/mol. The van der Waals surface area contributed by atoms with E-state index in [1.165, 1.54) is 42.1 Å². The minimum atomic E-state index is -4.48. The molecule has 2 heterocycles. The number of hydrogen-bond acceptors (Lipinski definition) is 6. The van der Waals surface area contributed by atoms with Crippen LogP contribution in [0, 0.1) is 0 Å². The van der Waals surface area contributed by atoms with Crippen LogP contribution in [0.3, 0.4) is 0 Å². The van der Waals surface area contributed by atoms with Gasteiger partial charge < -0.3 is 9.52 Å². The smallest absolute Gasteiger partial charge is 0.416 e. The van der Waals surface area contributed by atoms with E-state index in [-0.39, 0.29) is 32.7 Å². The Morgan fingerprint density at radius 3 is 2.74 bits per heavy atom. The number of carboxylic acids is 1. The van der Waals surface area contributed by atoms with E-state index in [2.05, 4.69) is 0 Å². The van der Waals surface area contributed by atoms with Gasteiger partial charge in [0.1, 0.15) is 21.9 Å². The van der Waals surface area contributed by atoms with Crippen molar-refractivity contribution in [2.75, 3.05) is 12.0 Å². The molecule has 0 radical (unpaired) electrons. The first-order valence-corrected chi connectivity index (χ1v) is 11.5. The van der Waals surface area contributed by atoms with Gasteiger partial charge in [-0.1, -0.05) is 36.1 Å². The summed E-state index contributed by atoms with van der Waals surface area (Å²) in [7, 11) is 0. The number of nitrogens with zero attached hydrogens (tertiary/aromatic N) is 1. The van der Waals surface area contributed by atoms with Gasteiger partial charge in [-0.05, 0) is 42.7 Å². The van der Waals surface area contributed by atoms with Crippen LogP contribution in [0.5, 0.6) is 0 Å². The lowest BCUT2D eigenvalue weighted by molar-refractivity contribution is -0.145. The molecule has 1 fully saturated rings. The summed E-state index contributed by atoms with van der Waals surface area (Å²) >= 11 is 7.63. The first-order valence-electron chi connectivity index (χ1n) is 8.88. The highest BCUT2D eigenvalue weighted by Crippen LogP contribution is 2.36. The number of benzene rings is 1. The Balaban J connectivity index is 1.84. The monoisotopic (exact) mass is 487 g/mol. The van der Waals surface area contributed by atoms with Crippen molar-refractivity contribution in [3.05, 3.63) is 52.6 Å². The van der Waals surface area contributed by atoms with E-state index in [0.717, 1.165) is 28.8 Å². The van der Waals surface area contributed by atoms with Crippen molar-refractivity contribution in [3.8, 4) is 11.3 Å². The first-order chi connectivity index (χ1) is 14.6. The maximum Gasteiger partial charge on any atom is 0.416 e. The molecule has 1 saturated heterocycles. The number of carboxylic acid groups (broad SMARTS) is 1. The lowest BCUT2D eigenvalue weighted by Gasteiger charge is -2.22.